The number of rotatable bonds is 4. The van der Waals surface area contributed by atoms with Gasteiger partial charge in [-0.1, -0.05) is 43.7 Å². The molecule has 1 aliphatic heterocycles. The molecule has 1 heterocycles. The summed E-state index contributed by atoms with van der Waals surface area (Å²) in [6, 6.07) is 12.6. The predicted octanol–water partition coefficient (Wildman–Crippen LogP) is 3.42. The van der Waals surface area contributed by atoms with Gasteiger partial charge in [0, 0.05) is 6.54 Å². The van der Waals surface area contributed by atoms with Crippen molar-refractivity contribution in [2.75, 3.05) is 19.6 Å². The van der Waals surface area contributed by atoms with Crippen molar-refractivity contribution in [3.05, 3.63) is 35.9 Å². The second-order valence-corrected chi connectivity index (χ2v) is 5.24. The molecule has 0 aliphatic carbocycles. The van der Waals surface area contributed by atoms with Gasteiger partial charge >= 0.3 is 0 Å². The van der Waals surface area contributed by atoms with E-state index in [1.165, 1.54) is 19.3 Å². The first-order valence-electron chi connectivity index (χ1n) is 7.00. The molecule has 1 aliphatic rings. The Morgan fingerprint density at radius 3 is 2.50 bits per heavy atom. The van der Waals surface area contributed by atoms with Gasteiger partial charge in [-0.15, -0.1) is 0 Å². The molecule has 1 aromatic carbocycles. The first-order valence-corrected chi connectivity index (χ1v) is 7.00. The lowest BCUT2D eigenvalue weighted by Crippen LogP contribution is -2.36. The Morgan fingerprint density at radius 1 is 1.28 bits per heavy atom. The highest BCUT2D eigenvalue weighted by atomic mass is 15.1. The first kappa shape index (κ1) is 13.1. The van der Waals surface area contributed by atoms with Gasteiger partial charge in [-0.25, -0.2) is 0 Å². The van der Waals surface area contributed by atoms with Crippen molar-refractivity contribution in [1.82, 2.24) is 4.90 Å². The van der Waals surface area contributed by atoms with Gasteiger partial charge in [-0.2, -0.15) is 5.26 Å². The molecule has 1 saturated heterocycles. The fourth-order valence-electron chi connectivity index (χ4n) is 2.74. The topological polar surface area (TPSA) is 27.0 Å². The van der Waals surface area contributed by atoms with Crippen LogP contribution in [0.4, 0.5) is 0 Å². The maximum absolute atomic E-state index is 9.33. The number of piperidine rings is 1. The lowest BCUT2D eigenvalue weighted by molar-refractivity contribution is 0.179. The van der Waals surface area contributed by atoms with Gasteiger partial charge < -0.3 is 4.90 Å². The molecular formula is C16H22N2. The largest absolute Gasteiger partial charge is 0.302 e. The highest BCUT2D eigenvalue weighted by molar-refractivity contribution is 5.25. The van der Waals surface area contributed by atoms with E-state index < -0.39 is 0 Å². The fourth-order valence-corrected chi connectivity index (χ4v) is 2.74. The third-order valence-corrected chi connectivity index (χ3v) is 4.08. The SMILES string of the molecule is CCC1CCN(CC(C#N)c2ccccc2)CC1. The van der Waals surface area contributed by atoms with E-state index in [1.54, 1.807) is 0 Å². The van der Waals surface area contributed by atoms with Gasteiger partial charge in [0.25, 0.3) is 0 Å². The lowest BCUT2D eigenvalue weighted by atomic mass is 9.93. The molecule has 0 saturated carbocycles. The molecule has 1 atom stereocenters. The van der Waals surface area contributed by atoms with Gasteiger partial charge in [-0.05, 0) is 37.4 Å². The molecule has 0 spiro atoms. The summed E-state index contributed by atoms with van der Waals surface area (Å²) in [7, 11) is 0. The Labute approximate surface area is 110 Å². The van der Waals surface area contributed by atoms with Crippen LogP contribution < -0.4 is 0 Å². The minimum Gasteiger partial charge on any atom is -0.302 e. The normalized spacial score (nSPS) is 19.3. The number of benzene rings is 1. The second kappa shape index (κ2) is 6.56. The Morgan fingerprint density at radius 2 is 1.94 bits per heavy atom. The minimum atomic E-state index is 0.0179. The molecule has 0 bridgehead atoms. The smallest absolute Gasteiger partial charge is 0.0839 e. The van der Waals surface area contributed by atoms with Gasteiger partial charge in [-0.3, -0.25) is 0 Å². The van der Waals surface area contributed by atoms with Crippen LogP contribution in [0.3, 0.4) is 0 Å². The molecule has 18 heavy (non-hydrogen) atoms. The van der Waals surface area contributed by atoms with Crippen LogP contribution in [0.25, 0.3) is 0 Å². The molecule has 2 rings (SSSR count). The van der Waals surface area contributed by atoms with Crippen LogP contribution in [0.2, 0.25) is 0 Å². The Balaban J connectivity index is 1.91. The van der Waals surface area contributed by atoms with Gasteiger partial charge in [0.15, 0.2) is 0 Å². The molecule has 1 unspecified atom stereocenters. The summed E-state index contributed by atoms with van der Waals surface area (Å²) >= 11 is 0. The zero-order valence-corrected chi connectivity index (χ0v) is 11.2. The van der Waals surface area contributed by atoms with Gasteiger partial charge in [0.1, 0.15) is 0 Å². The molecule has 2 heteroatoms. The Hall–Kier alpha value is -1.33. The van der Waals surface area contributed by atoms with E-state index in [1.807, 2.05) is 18.2 Å². The zero-order chi connectivity index (χ0) is 12.8. The summed E-state index contributed by atoms with van der Waals surface area (Å²) in [5, 5.41) is 9.33. The van der Waals surface area contributed by atoms with E-state index in [0.717, 1.165) is 31.1 Å². The van der Waals surface area contributed by atoms with Crippen LogP contribution in [-0.2, 0) is 0 Å². The average molecular weight is 242 g/mol. The average Bonchev–Trinajstić information content (AvgIpc) is 2.46. The van der Waals surface area contributed by atoms with Crippen LogP contribution >= 0.6 is 0 Å². The highest BCUT2D eigenvalue weighted by Gasteiger charge is 2.21. The van der Waals surface area contributed by atoms with E-state index in [-0.39, 0.29) is 5.92 Å². The summed E-state index contributed by atoms with van der Waals surface area (Å²) in [6.07, 6.45) is 3.89. The van der Waals surface area contributed by atoms with Crippen LogP contribution in [0, 0.1) is 17.2 Å². The third-order valence-electron chi connectivity index (χ3n) is 4.08. The number of nitriles is 1. The zero-order valence-electron chi connectivity index (χ0n) is 11.2. The number of hydrogen-bond donors (Lipinski definition) is 0. The van der Waals surface area contributed by atoms with Crippen LogP contribution in [0.15, 0.2) is 30.3 Å². The number of hydrogen-bond acceptors (Lipinski definition) is 2. The van der Waals surface area contributed by atoms with E-state index in [4.69, 9.17) is 0 Å². The molecule has 0 N–H and O–H groups in total. The van der Waals surface area contributed by atoms with Crippen molar-refractivity contribution in [3.8, 4) is 6.07 Å². The summed E-state index contributed by atoms with van der Waals surface area (Å²) in [4.78, 5) is 2.45. The predicted molar refractivity (Wildman–Crippen MR) is 74.3 cm³/mol. The van der Waals surface area contributed by atoms with Crippen LogP contribution in [0.5, 0.6) is 0 Å². The van der Waals surface area contributed by atoms with E-state index in [9.17, 15) is 5.26 Å². The van der Waals surface area contributed by atoms with Crippen LogP contribution in [0.1, 0.15) is 37.7 Å². The maximum Gasteiger partial charge on any atom is 0.0839 e. The summed E-state index contributed by atoms with van der Waals surface area (Å²) < 4.78 is 0. The molecular weight excluding hydrogens is 220 g/mol. The quantitative estimate of drug-likeness (QED) is 0.809. The van der Waals surface area contributed by atoms with Crippen molar-refractivity contribution in [2.24, 2.45) is 5.92 Å². The van der Waals surface area contributed by atoms with E-state index in [2.05, 4.69) is 30.0 Å². The molecule has 2 nitrogen and oxygen atoms in total. The second-order valence-electron chi connectivity index (χ2n) is 5.24. The van der Waals surface area contributed by atoms with Crippen molar-refractivity contribution in [2.45, 2.75) is 32.1 Å². The standard InChI is InChI=1S/C16H22N2/c1-2-14-8-10-18(11-9-14)13-16(12-17)15-6-4-3-5-7-15/h3-7,14,16H,2,8-11,13H2,1H3. The van der Waals surface area contributed by atoms with Crippen molar-refractivity contribution >= 4 is 0 Å². The summed E-state index contributed by atoms with van der Waals surface area (Å²) in [6.45, 7) is 5.48. The molecule has 0 amide bonds. The highest BCUT2D eigenvalue weighted by Crippen LogP contribution is 2.23. The third kappa shape index (κ3) is 3.34. The van der Waals surface area contributed by atoms with Crippen LogP contribution in [-0.4, -0.2) is 24.5 Å². The summed E-state index contributed by atoms with van der Waals surface area (Å²) in [5.74, 6) is 0.919. The minimum absolute atomic E-state index is 0.0179. The van der Waals surface area contributed by atoms with Crippen molar-refractivity contribution < 1.29 is 0 Å². The monoisotopic (exact) mass is 242 g/mol. The molecule has 1 aromatic rings. The molecule has 96 valence electrons. The number of nitrogens with zero attached hydrogens (tertiary/aromatic N) is 2. The maximum atomic E-state index is 9.33. The van der Waals surface area contributed by atoms with Gasteiger partial charge in [0.05, 0.1) is 12.0 Å². The lowest BCUT2D eigenvalue weighted by Gasteiger charge is -2.32. The summed E-state index contributed by atoms with van der Waals surface area (Å²) in [5.41, 5.74) is 1.15. The Bertz CT molecular complexity index is 385. The van der Waals surface area contributed by atoms with Gasteiger partial charge in [0.2, 0.25) is 0 Å². The van der Waals surface area contributed by atoms with Crippen molar-refractivity contribution in [3.63, 3.8) is 0 Å². The first-order chi connectivity index (χ1) is 8.83. The Kier molecular flexibility index (Phi) is 4.78. The molecule has 0 aromatic heterocycles. The van der Waals surface area contributed by atoms with Crippen molar-refractivity contribution in [1.29, 1.82) is 5.26 Å². The van der Waals surface area contributed by atoms with E-state index >= 15 is 0 Å². The molecule has 1 fully saturated rings. The fraction of sp³-hybridized carbons (Fsp3) is 0.562. The molecule has 0 radical (unpaired) electrons. The number of likely N-dealkylation sites (tertiary alicyclic amines) is 1. The van der Waals surface area contributed by atoms with E-state index in [0.29, 0.717) is 0 Å².